The molecule has 0 aromatic heterocycles. The Morgan fingerprint density at radius 3 is 2.14 bits per heavy atom. The molecule has 0 aromatic rings. The quantitative estimate of drug-likeness (QED) is 0.303. The highest BCUT2D eigenvalue weighted by atomic mass is 28.4. The Labute approximate surface area is 131 Å². The van der Waals surface area contributed by atoms with Gasteiger partial charge in [0, 0.05) is 19.6 Å². The van der Waals surface area contributed by atoms with Crippen LogP contribution in [0.1, 0.15) is 46.5 Å². The lowest BCUT2D eigenvalue weighted by Gasteiger charge is -2.25. The van der Waals surface area contributed by atoms with E-state index in [0.29, 0.717) is 13.0 Å². The zero-order chi connectivity index (χ0) is 16.0. The van der Waals surface area contributed by atoms with E-state index < -0.39 is 8.56 Å². The molecule has 0 unspecified atom stereocenters. The second kappa shape index (κ2) is 13.2. The predicted molar refractivity (Wildman–Crippen MR) is 87.6 cm³/mol. The molecule has 0 radical (unpaired) electrons. The number of unbranched alkanes of at least 4 members (excludes halogenated alkanes) is 1. The molecule has 21 heavy (non-hydrogen) atoms. The average molecular weight is 320 g/mol. The Kier molecular flexibility index (Phi) is 13.0. The first-order valence-corrected chi connectivity index (χ1v) is 10.7. The van der Waals surface area contributed by atoms with Crippen LogP contribution in [0.3, 0.4) is 0 Å². The van der Waals surface area contributed by atoms with Crippen molar-refractivity contribution in [1.29, 1.82) is 0 Å². The molecule has 0 fully saturated rings. The fourth-order valence-electron chi connectivity index (χ4n) is 2.21. The molecule has 0 bridgehead atoms. The van der Waals surface area contributed by atoms with Gasteiger partial charge in [0.1, 0.15) is 0 Å². The van der Waals surface area contributed by atoms with E-state index in [4.69, 9.17) is 13.6 Å². The van der Waals surface area contributed by atoms with Crippen LogP contribution in [0.5, 0.6) is 0 Å². The van der Waals surface area contributed by atoms with Gasteiger partial charge in [0.05, 0.1) is 6.61 Å². The van der Waals surface area contributed by atoms with Crippen LogP contribution >= 0.6 is 0 Å². The summed E-state index contributed by atoms with van der Waals surface area (Å²) in [7, 11) is -1.94. The molecule has 0 aliphatic heterocycles. The number of esters is 1. The number of carbonyl (C=O) groups is 1. The van der Waals surface area contributed by atoms with Crippen molar-refractivity contribution >= 4 is 14.5 Å². The minimum absolute atomic E-state index is 0.102. The van der Waals surface area contributed by atoms with Crippen molar-refractivity contribution in [3.63, 3.8) is 0 Å². The largest absolute Gasteiger partial charge is 0.466 e. The van der Waals surface area contributed by atoms with Crippen molar-refractivity contribution in [3.8, 4) is 0 Å². The summed E-state index contributed by atoms with van der Waals surface area (Å²) in [5.41, 5.74) is 0. The van der Waals surface area contributed by atoms with Crippen molar-refractivity contribution in [2.75, 3.05) is 32.9 Å². The predicted octanol–water partition coefficient (Wildman–Crippen LogP) is 2.84. The number of hydrogen-bond acceptors (Lipinski definition) is 5. The van der Waals surface area contributed by atoms with Gasteiger partial charge in [-0.15, -0.1) is 0 Å². The first-order chi connectivity index (χ1) is 10.1. The Morgan fingerprint density at radius 1 is 0.952 bits per heavy atom. The zero-order valence-corrected chi connectivity index (χ0v) is 15.2. The lowest BCUT2D eigenvalue weighted by Crippen LogP contribution is -2.38. The summed E-state index contributed by atoms with van der Waals surface area (Å²) in [6, 6.07) is 1.04. The smallest absolute Gasteiger partial charge is 0.334 e. The molecule has 1 N–H and O–H groups in total. The summed E-state index contributed by atoms with van der Waals surface area (Å²) in [6.07, 6.45) is 3.57. The van der Waals surface area contributed by atoms with Gasteiger partial charge in [-0.3, -0.25) is 4.79 Å². The normalized spacial score (nSPS) is 11.6. The van der Waals surface area contributed by atoms with Crippen LogP contribution in [0.4, 0.5) is 0 Å². The molecule has 5 nitrogen and oxygen atoms in total. The maximum atomic E-state index is 11.1. The monoisotopic (exact) mass is 319 g/mol. The third-order valence-electron chi connectivity index (χ3n) is 3.17. The lowest BCUT2D eigenvalue weighted by atomic mass is 10.3. The number of rotatable bonds is 14. The molecule has 126 valence electrons. The summed E-state index contributed by atoms with van der Waals surface area (Å²) in [4.78, 5) is 11.1. The summed E-state index contributed by atoms with van der Waals surface area (Å²) in [5, 5.41) is 3.36. The number of nitrogens with one attached hydrogen (secondary N) is 1. The maximum Gasteiger partial charge on any atom is 0.334 e. The van der Waals surface area contributed by atoms with Gasteiger partial charge >= 0.3 is 14.5 Å². The molecule has 0 aliphatic carbocycles. The molecule has 0 aromatic carbocycles. The topological polar surface area (TPSA) is 56.8 Å². The lowest BCUT2D eigenvalue weighted by molar-refractivity contribution is -0.143. The van der Waals surface area contributed by atoms with Crippen LogP contribution in [0.15, 0.2) is 0 Å². The first-order valence-electron chi connectivity index (χ1n) is 8.22. The molecule has 0 saturated carbocycles. The second-order valence-corrected chi connectivity index (χ2v) is 8.46. The van der Waals surface area contributed by atoms with E-state index in [1.54, 1.807) is 0 Å². The van der Waals surface area contributed by atoms with Crippen molar-refractivity contribution in [2.24, 2.45) is 0 Å². The molecule has 0 aliphatic rings. The van der Waals surface area contributed by atoms with E-state index in [1.165, 1.54) is 0 Å². The third-order valence-corrected chi connectivity index (χ3v) is 6.23. The number of hydrogen-bond donors (Lipinski definition) is 1. The van der Waals surface area contributed by atoms with Crippen molar-refractivity contribution in [2.45, 2.75) is 59.0 Å². The first kappa shape index (κ1) is 20.6. The number of ether oxygens (including phenoxy) is 1. The minimum Gasteiger partial charge on any atom is -0.466 e. The van der Waals surface area contributed by atoms with Crippen LogP contribution < -0.4 is 5.32 Å². The van der Waals surface area contributed by atoms with Gasteiger partial charge in [0.25, 0.3) is 0 Å². The van der Waals surface area contributed by atoms with Gasteiger partial charge in [-0.2, -0.15) is 0 Å². The fraction of sp³-hybridized carbons (Fsp3) is 0.933. The SMILES string of the molecule is CCOC(=O)CCCNCCCC[Si](C)(OCC)OCC. The van der Waals surface area contributed by atoms with Crippen LogP contribution in [0.25, 0.3) is 0 Å². The second-order valence-electron chi connectivity index (χ2n) is 5.12. The highest BCUT2D eigenvalue weighted by Gasteiger charge is 2.29. The van der Waals surface area contributed by atoms with E-state index >= 15 is 0 Å². The summed E-state index contributed by atoms with van der Waals surface area (Å²) in [6.45, 7) is 11.8. The Hall–Kier alpha value is -0.433. The standard InChI is InChI=1S/C15H33NO4Si/c1-5-18-15(17)11-10-13-16-12-8-9-14-21(4,19-6-2)20-7-3/h16H,5-14H2,1-4H3. The molecular weight excluding hydrogens is 286 g/mol. The molecular formula is C15H33NO4Si. The van der Waals surface area contributed by atoms with Gasteiger partial charge in [0.2, 0.25) is 0 Å². The van der Waals surface area contributed by atoms with Crippen LogP contribution in [0, 0.1) is 0 Å². The van der Waals surface area contributed by atoms with Gasteiger partial charge in [0.15, 0.2) is 0 Å². The molecule has 0 atom stereocenters. The van der Waals surface area contributed by atoms with Gasteiger partial charge in [-0.1, -0.05) is 6.42 Å². The van der Waals surface area contributed by atoms with Crippen LogP contribution in [-0.2, 0) is 18.4 Å². The van der Waals surface area contributed by atoms with Gasteiger partial charge in [-0.05, 0) is 59.3 Å². The third kappa shape index (κ3) is 11.9. The van der Waals surface area contributed by atoms with E-state index in [0.717, 1.165) is 51.6 Å². The summed E-state index contributed by atoms with van der Waals surface area (Å²) >= 11 is 0. The van der Waals surface area contributed by atoms with Crippen molar-refractivity contribution < 1.29 is 18.4 Å². The van der Waals surface area contributed by atoms with Crippen LogP contribution in [0.2, 0.25) is 12.6 Å². The van der Waals surface area contributed by atoms with Crippen molar-refractivity contribution in [3.05, 3.63) is 0 Å². The van der Waals surface area contributed by atoms with Crippen LogP contribution in [-0.4, -0.2) is 47.4 Å². The van der Waals surface area contributed by atoms with Gasteiger partial charge in [-0.25, -0.2) is 0 Å². The summed E-state index contributed by atoms with van der Waals surface area (Å²) in [5.74, 6) is -0.102. The molecule has 6 heteroatoms. The number of carbonyl (C=O) groups excluding carboxylic acids is 1. The fourth-order valence-corrected chi connectivity index (χ4v) is 4.69. The molecule has 0 spiro atoms. The Bertz CT molecular complexity index is 258. The summed E-state index contributed by atoms with van der Waals surface area (Å²) < 4.78 is 16.5. The Morgan fingerprint density at radius 2 is 1.57 bits per heavy atom. The highest BCUT2D eigenvalue weighted by molar-refractivity contribution is 6.66. The Balaban J connectivity index is 3.51. The molecule has 0 saturated heterocycles. The van der Waals surface area contributed by atoms with Gasteiger partial charge < -0.3 is 18.9 Å². The zero-order valence-electron chi connectivity index (χ0n) is 14.2. The van der Waals surface area contributed by atoms with Crippen molar-refractivity contribution in [1.82, 2.24) is 5.32 Å². The van der Waals surface area contributed by atoms with E-state index in [2.05, 4.69) is 11.9 Å². The minimum atomic E-state index is -1.94. The molecule has 0 heterocycles. The highest BCUT2D eigenvalue weighted by Crippen LogP contribution is 2.16. The maximum absolute atomic E-state index is 11.1. The van der Waals surface area contributed by atoms with E-state index in [-0.39, 0.29) is 5.97 Å². The molecule has 0 rings (SSSR count). The van der Waals surface area contributed by atoms with E-state index in [1.807, 2.05) is 20.8 Å². The average Bonchev–Trinajstić information content (AvgIpc) is 2.42. The molecule has 0 amide bonds. The van der Waals surface area contributed by atoms with E-state index in [9.17, 15) is 4.79 Å².